The van der Waals surface area contributed by atoms with E-state index in [0.717, 1.165) is 44.5 Å². The second-order valence-corrected chi connectivity index (χ2v) is 9.44. The van der Waals surface area contributed by atoms with Gasteiger partial charge < -0.3 is 8.98 Å². The van der Waals surface area contributed by atoms with Crippen molar-refractivity contribution in [2.45, 2.75) is 13.8 Å². The molecule has 7 aromatic rings. The number of aromatic nitrogens is 3. The molecule has 0 saturated carbocycles. The second kappa shape index (κ2) is 8.86. The Morgan fingerprint density at radius 2 is 1.47 bits per heavy atom. The highest BCUT2D eigenvalue weighted by Gasteiger charge is 2.19. The largest absolute Gasteiger partial charge is 0.452 e. The summed E-state index contributed by atoms with van der Waals surface area (Å²) >= 11 is 0. The molecular weight excluding hydrogens is 466 g/mol. The summed E-state index contributed by atoms with van der Waals surface area (Å²) in [4.78, 5) is 10.1. The quantitative estimate of drug-likeness (QED) is 0.247. The molecule has 7 rings (SSSR count). The van der Waals surface area contributed by atoms with E-state index in [0.29, 0.717) is 11.4 Å². The molecule has 3 aromatic heterocycles. The van der Waals surface area contributed by atoms with Gasteiger partial charge in [-0.3, -0.25) is 0 Å². The fourth-order valence-electron chi connectivity index (χ4n) is 5.38. The highest BCUT2D eigenvalue weighted by atomic mass is 16.3. The van der Waals surface area contributed by atoms with E-state index < -0.39 is 0 Å². The number of rotatable bonds is 4. The number of furan rings is 1. The zero-order chi connectivity index (χ0) is 25.6. The maximum atomic E-state index is 6.28. The van der Waals surface area contributed by atoms with Crippen molar-refractivity contribution in [1.82, 2.24) is 14.5 Å². The summed E-state index contributed by atoms with van der Waals surface area (Å²) in [6, 6.07) is 35.3. The predicted octanol–water partition coefficient (Wildman–Crippen LogP) is 9.00. The van der Waals surface area contributed by atoms with Crippen molar-refractivity contribution < 1.29 is 4.42 Å². The number of fused-ring (bicyclic) bond motifs is 4. The van der Waals surface area contributed by atoms with Gasteiger partial charge in [-0.25, -0.2) is 9.97 Å². The van der Waals surface area contributed by atoms with Crippen molar-refractivity contribution in [3.8, 4) is 28.3 Å². The third-order valence-electron chi connectivity index (χ3n) is 7.13. The molecule has 182 valence electrons. The van der Waals surface area contributed by atoms with Crippen molar-refractivity contribution in [1.29, 1.82) is 0 Å². The molecule has 0 N–H and O–H groups in total. The van der Waals surface area contributed by atoms with E-state index in [4.69, 9.17) is 14.4 Å². The number of allylic oxidation sites excluding steroid dienone is 1. The minimum Gasteiger partial charge on any atom is -0.452 e. The summed E-state index contributed by atoms with van der Waals surface area (Å²) in [5, 5.41) is 2.16. The molecule has 0 atom stereocenters. The first-order chi connectivity index (χ1) is 18.7. The van der Waals surface area contributed by atoms with E-state index >= 15 is 0 Å². The van der Waals surface area contributed by atoms with Crippen molar-refractivity contribution in [3.05, 3.63) is 120 Å². The number of para-hydroxylation sites is 2. The van der Waals surface area contributed by atoms with Gasteiger partial charge in [0.15, 0.2) is 11.4 Å². The Balaban J connectivity index is 1.51. The second-order valence-electron chi connectivity index (χ2n) is 9.44. The number of hydrogen-bond acceptors (Lipinski definition) is 3. The molecular formula is C34H25N3O. The lowest BCUT2D eigenvalue weighted by molar-refractivity contribution is 0.667. The lowest BCUT2D eigenvalue weighted by atomic mass is 10.1. The Hall–Kier alpha value is -4.96. The van der Waals surface area contributed by atoms with Crippen molar-refractivity contribution in [2.75, 3.05) is 0 Å². The smallest absolute Gasteiger partial charge is 0.180 e. The van der Waals surface area contributed by atoms with E-state index in [9.17, 15) is 0 Å². The van der Waals surface area contributed by atoms with Crippen LogP contribution in [0.1, 0.15) is 18.2 Å². The van der Waals surface area contributed by atoms with Gasteiger partial charge in [-0.05, 0) is 56.3 Å². The average molecular weight is 492 g/mol. The fraction of sp³-hybridized carbons (Fsp3) is 0.0588. The third kappa shape index (κ3) is 3.46. The Labute approximate surface area is 220 Å². The van der Waals surface area contributed by atoms with E-state index in [1.807, 2.05) is 42.5 Å². The van der Waals surface area contributed by atoms with Crippen LogP contribution in [0, 0.1) is 6.92 Å². The maximum absolute atomic E-state index is 6.28. The van der Waals surface area contributed by atoms with Gasteiger partial charge in [-0.2, -0.15) is 0 Å². The van der Waals surface area contributed by atoms with Gasteiger partial charge in [0.25, 0.3) is 0 Å². The first-order valence-corrected chi connectivity index (χ1v) is 12.8. The van der Waals surface area contributed by atoms with Crippen molar-refractivity contribution in [2.24, 2.45) is 0 Å². The maximum Gasteiger partial charge on any atom is 0.180 e. The summed E-state index contributed by atoms with van der Waals surface area (Å²) in [6.45, 7) is 4.23. The van der Waals surface area contributed by atoms with Crippen LogP contribution in [0.15, 0.2) is 114 Å². The summed E-state index contributed by atoms with van der Waals surface area (Å²) in [7, 11) is 0. The molecule has 0 aliphatic rings. The normalized spacial score (nSPS) is 11.8. The Morgan fingerprint density at radius 3 is 2.26 bits per heavy atom. The van der Waals surface area contributed by atoms with Crippen LogP contribution in [0.25, 0.3) is 67.4 Å². The molecule has 0 unspecified atom stereocenters. The van der Waals surface area contributed by atoms with Gasteiger partial charge in [0, 0.05) is 38.8 Å². The zero-order valence-corrected chi connectivity index (χ0v) is 21.2. The number of benzene rings is 4. The zero-order valence-electron chi connectivity index (χ0n) is 21.2. The third-order valence-corrected chi connectivity index (χ3v) is 7.13. The van der Waals surface area contributed by atoms with Crippen molar-refractivity contribution in [3.63, 3.8) is 0 Å². The van der Waals surface area contributed by atoms with Crippen LogP contribution in [-0.2, 0) is 0 Å². The van der Waals surface area contributed by atoms with Crippen LogP contribution in [0.4, 0.5) is 0 Å². The van der Waals surface area contributed by atoms with Gasteiger partial charge in [0.05, 0.1) is 5.52 Å². The monoisotopic (exact) mass is 491 g/mol. The first kappa shape index (κ1) is 22.3. The molecule has 0 aliphatic carbocycles. The van der Waals surface area contributed by atoms with Crippen LogP contribution in [0.3, 0.4) is 0 Å². The first-order valence-electron chi connectivity index (χ1n) is 12.8. The molecule has 0 aliphatic heterocycles. The molecule has 0 amide bonds. The summed E-state index contributed by atoms with van der Waals surface area (Å²) in [5.41, 5.74) is 9.83. The lowest BCUT2D eigenvalue weighted by Crippen LogP contribution is -1.96. The summed E-state index contributed by atoms with van der Waals surface area (Å²) < 4.78 is 8.60. The molecule has 38 heavy (non-hydrogen) atoms. The van der Waals surface area contributed by atoms with Gasteiger partial charge in [0.1, 0.15) is 16.8 Å². The van der Waals surface area contributed by atoms with E-state index in [-0.39, 0.29) is 0 Å². The average Bonchev–Trinajstić information content (AvgIpc) is 3.48. The van der Waals surface area contributed by atoms with Crippen LogP contribution >= 0.6 is 0 Å². The molecule has 4 nitrogen and oxygen atoms in total. The summed E-state index contributed by atoms with van der Waals surface area (Å²) in [6.07, 6.45) is 4.28. The molecule has 4 aromatic carbocycles. The standard InChI is InChI=1S/C34H25N3O/c1-3-12-26-22(2)37(25-15-8-5-9-16-25)29-20-19-24(21-28(26)29)34-35-31(23-13-6-4-7-14-23)33-32(36-34)27-17-10-11-18-30(27)38-33/h3-21H,1-2H3. The minimum absolute atomic E-state index is 0.682. The Bertz CT molecular complexity index is 1980. The van der Waals surface area contributed by atoms with Crippen LogP contribution in [0.2, 0.25) is 0 Å². The van der Waals surface area contributed by atoms with E-state index in [2.05, 4.69) is 91.2 Å². The van der Waals surface area contributed by atoms with Crippen LogP contribution < -0.4 is 0 Å². The van der Waals surface area contributed by atoms with Gasteiger partial charge in [-0.15, -0.1) is 0 Å². The molecule has 0 saturated heterocycles. The van der Waals surface area contributed by atoms with E-state index in [1.165, 1.54) is 16.6 Å². The Morgan fingerprint density at radius 1 is 0.737 bits per heavy atom. The number of nitrogens with zero attached hydrogens (tertiary/aromatic N) is 3. The molecule has 4 heteroatoms. The molecule has 0 radical (unpaired) electrons. The van der Waals surface area contributed by atoms with Crippen LogP contribution in [0.5, 0.6) is 0 Å². The van der Waals surface area contributed by atoms with Gasteiger partial charge >= 0.3 is 0 Å². The van der Waals surface area contributed by atoms with Crippen molar-refractivity contribution >= 4 is 39.0 Å². The molecule has 0 fully saturated rings. The summed E-state index contributed by atoms with van der Waals surface area (Å²) in [5.74, 6) is 0.682. The highest BCUT2D eigenvalue weighted by molar-refractivity contribution is 6.07. The fourth-order valence-corrected chi connectivity index (χ4v) is 5.38. The molecule has 0 spiro atoms. The van der Waals surface area contributed by atoms with Gasteiger partial charge in [-0.1, -0.05) is 72.8 Å². The van der Waals surface area contributed by atoms with Crippen LogP contribution in [-0.4, -0.2) is 14.5 Å². The molecule has 3 heterocycles. The topological polar surface area (TPSA) is 43.9 Å². The lowest BCUT2D eigenvalue weighted by Gasteiger charge is -2.09. The number of hydrogen-bond donors (Lipinski definition) is 0. The Kier molecular flexibility index (Phi) is 5.19. The van der Waals surface area contributed by atoms with E-state index in [1.54, 1.807) is 0 Å². The highest BCUT2D eigenvalue weighted by Crippen LogP contribution is 2.37. The molecule has 0 bridgehead atoms. The van der Waals surface area contributed by atoms with Gasteiger partial charge in [0.2, 0.25) is 0 Å². The predicted molar refractivity (Wildman–Crippen MR) is 156 cm³/mol. The minimum atomic E-state index is 0.682. The SMILES string of the molecule is CC=Cc1c(C)n(-c2ccccc2)c2ccc(-c3nc(-c4ccccc4)c4oc5ccccc5c4n3)cc12.